The molecule has 3 rings (SSSR count). The summed E-state index contributed by atoms with van der Waals surface area (Å²) in [5, 5.41) is 0. The fraction of sp³-hybridized carbons (Fsp3) is 0.429. The fourth-order valence-corrected chi connectivity index (χ4v) is 4.10. The standard InChI is InChI=1S/C14H17N.2ClH.Ti/c1-10-8-9-12-11-6-4-5-7-13(11)15(2,3)14(10)12;;;/h4-8,12H,9H2,1-3H3;2*1H;/q+1;;;+1/p-2. The summed E-state index contributed by atoms with van der Waals surface area (Å²) in [7, 11) is 4.66. The van der Waals surface area contributed by atoms with E-state index in [1.165, 1.54) is 12.1 Å². The van der Waals surface area contributed by atoms with E-state index in [-0.39, 0.29) is 24.8 Å². The normalized spacial score (nSPS) is 27.0. The van der Waals surface area contributed by atoms with Crippen LogP contribution >= 0.6 is 0 Å². The maximum Gasteiger partial charge on any atom is -1.00 e. The van der Waals surface area contributed by atoms with Crippen LogP contribution in [-0.4, -0.2) is 14.1 Å². The zero-order valence-electron chi connectivity index (χ0n) is 10.9. The van der Waals surface area contributed by atoms with E-state index < -0.39 is 0 Å². The van der Waals surface area contributed by atoms with Crippen molar-refractivity contribution in [3.05, 3.63) is 41.1 Å². The number of likely N-dealkylation sites (N-methyl/N-ethyl adjacent to an activating group) is 1. The first-order valence-electron chi connectivity index (χ1n) is 5.89. The predicted octanol–water partition coefficient (Wildman–Crippen LogP) is -2.63. The molecule has 1 aliphatic heterocycles. The Morgan fingerprint density at radius 2 is 1.78 bits per heavy atom. The first kappa shape index (κ1) is 16.3. The van der Waals surface area contributed by atoms with Gasteiger partial charge in [-0.2, -0.15) is 0 Å². The van der Waals surface area contributed by atoms with Gasteiger partial charge in [0.15, 0.2) is 0 Å². The summed E-state index contributed by atoms with van der Waals surface area (Å²) in [6, 6.07) is 8.95. The van der Waals surface area contributed by atoms with E-state index in [0.29, 0.717) is 5.92 Å². The Morgan fingerprint density at radius 1 is 1.17 bits per heavy atom. The van der Waals surface area contributed by atoms with Crippen molar-refractivity contribution in [1.29, 1.82) is 0 Å². The first-order chi connectivity index (χ1) is 7.53. The van der Waals surface area contributed by atoms with Crippen LogP contribution in [0, 0.1) is 0 Å². The number of para-hydroxylation sites is 1. The van der Waals surface area contributed by atoms with Gasteiger partial charge in [0, 0.05) is 0 Å². The van der Waals surface area contributed by atoms with Crippen LogP contribution in [-0.2, 0) is 20.4 Å². The molecule has 1 heterocycles. The van der Waals surface area contributed by atoms with Gasteiger partial charge in [0.1, 0.15) is 0 Å². The second-order valence-electron chi connectivity index (χ2n) is 5.42. The molecule has 0 radical (unpaired) electrons. The minimum atomic E-state index is 0. The van der Waals surface area contributed by atoms with Crippen molar-refractivity contribution >= 4 is 5.69 Å². The molecule has 18 heavy (non-hydrogen) atoms. The molecule has 0 saturated heterocycles. The smallest absolute Gasteiger partial charge is 1.00 e. The number of nitrogens with zero attached hydrogens (tertiary/aromatic N) is 1. The third-order valence-electron chi connectivity index (χ3n) is 4.24. The van der Waals surface area contributed by atoms with Crippen LogP contribution in [0.2, 0.25) is 4.22 Å². The van der Waals surface area contributed by atoms with E-state index in [9.17, 15) is 0 Å². The van der Waals surface area contributed by atoms with E-state index in [1.807, 2.05) is 0 Å². The Labute approximate surface area is 133 Å². The minimum Gasteiger partial charge on any atom is -1.00 e. The van der Waals surface area contributed by atoms with Gasteiger partial charge in [-0.3, -0.25) is 0 Å². The van der Waals surface area contributed by atoms with Crippen molar-refractivity contribution in [3.63, 3.8) is 0 Å². The second-order valence-corrected chi connectivity index (χ2v) is 6.51. The number of allylic oxidation sites excluding steroid dienone is 2. The van der Waals surface area contributed by atoms with Crippen molar-refractivity contribution < 1.29 is 45.2 Å². The molecule has 0 bridgehead atoms. The summed E-state index contributed by atoms with van der Waals surface area (Å²) in [5.41, 5.74) is 6.32. The molecule has 96 valence electrons. The van der Waals surface area contributed by atoms with Gasteiger partial charge in [-0.25, -0.2) is 0 Å². The van der Waals surface area contributed by atoms with Gasteiger partial charge in [0.2, 0.25) is 0 Å². The van der Waals surface area contributed by atoms with Gasteiger partial charge in [0.05, 0.1) is 0 Å². The molecule has 0 spiro atoms. The third-order valence-corrected chi connectivity index (χ3v) is 5.29. The molecule has 0 aromatic heterocycles. The van der Waals surface area contributed by atoms with Gasteiger partial charge in [0.25, 0.3) is 0 Å². The maximum absolute atomic E-state index is 2.36. The van der Waals surface area contributed by atoms with Gasteiger partial charge in [-0.05, 0) is 0 Å². The van der Waals surface area contributed by atoms with Gasteiger partial charge in [-0.15, -0.1) is 0 Å². The first-order valence-corrected chi connectivity index (χ1v) is 6.79. The average Bonchev–Trinajstić information content (AvgIpc) is 2.66. The zero-order chi connectivity index (χ0) is 11.5. The number of halogens is 2. The SMILES string of the molecule is CC1=C2C(C[CH]1[Ti+])c1ccccc1[N+]2(C)C.[Cl-].[Cl-]. The van der Waals surface area contributed by atoms with Crippen molar-refractivity contribution in [1.82, 2.24) is 4.48 Å². The Kier molecular flexibility index (Phi) is 4.79. The van der Waals surface area contributed by atoms with Crippen LogP contribution in [0.1, 0.15) is 24.8 Å². The number of fused-ring (bicyclic) bond motifs is 3. The van der Waals surface area contributed by atoms with Crippen molar-refractivity contribution in [2.75, 3.05) is 14.1 Å². The molecule has 2 aliphatic rings. The molecule has 1 nitrogen and oxygen atoms in total. The van der Waals surface area contributed by atoms with Gasteiger partial charge >= 0.3 is 109 Å². The summed E-state index contributed by atoms with van der Waals surface area (Å²) in [4.78, 5) is 0. The van der Waals surface area contributed by atoms with Crippen LogP contribution < -0.4 is 29.3 Å². The summed E-state index contributed by atoms with van der Waals surface area (Å²) in [5.74, 6) is 0.682. The number of rotatable bonds is 0. The molecule has 0 amide bonds. The molecule has 0 N–H and O–H groups in total. The van der Waals surface area contributed by atoms with Gasteiger partial charge in [-0.1, -0.05) is 0 Å². The molecule has 0 saturated carbocycles. The number of hydrogen-bond donors (Lipinski definition) is 0. The molecular weight excluding hydrogens is 301 g/mol. The Hall–Kier alpha value is 0.214. The Bertz CT molecular complexity index is 496. The van der Waals surface area contributed by atoms with Crippen molar-refractivity contribution in [2.24, 2.45) is 0 Å². The number of quaternary nitrogens is 1. The summed E-state index contributed by atoms with van der Waals surface area (Å²) in [6.45, 7) is 2.33. The van der Waals surface area contributed by atoms with E-state index in [2.05, 4.69) is 65.7 Å². The van der Waals surface area contributed by atoms with Crippen molar-refractivity contribution in [3.8, 4) is 0 Å². The largest absolute Gasteiger partial charge is 1.00 e. The molecule has 2 unspecified atom stereocenters. The summed E-state index contributed by atoms with van der Waals surface area (Å²) >= 11 is 2.36. The maximum atomic E-state index is 2.36. The third kappa shape index (κ3) is 2.01. The molecule has 4 heteroatoms. The fourth-order valence-electron chi connectivity index (χ4n) is 3.50. The van der Waals surface area contributed by atoms with E-state index in [0.717, 1.165) is 8.71 Å². The second kappa shape index (κ2) is 5.30. The van der Waals surface area contributed by atoms with Crippen LogP contribution in [0.25, 0.3) is 0 Å². The minimum absolute atomic E-state index is 0. The van der Waals surface area contributed by atoms with Crippen LogP contribution in [0.3, 0.4) is 0 Å². The van der Waals surface area contributed by atoms with Crippen molar-refractivity contribution in [2.45, 2.75) is 23.5 Å². The van der Waals surface area contributed by atoms with Crippen LogP contribution in [0.4, 0.5) is 5.69 Å². The molecule has 0 fully saturated rings. The number of benzene rings is 1. The van der Waals surface area contributed by atoms with Crippen LogP contribution in [0.5, 0.6) is 0 Å². The summed E-state index contributed by atoms with van der Waals surface area (Å²) in [6.07, 6.45) is 1.31. The molecular formula is C14H17Cl2NTi. The van der Waals surface area contributed by atoms with Gasteiger partial charge < -0.3 is 24.8 Å². The zero-order valence-corrected chi connectivity index (χ0v) is 13.9. The van der Waals surface area contributed by atoms with E-state index in [4.69, 9.17) is 0 Å². The quantitative estimate of drug-likeness (QED) is 0.363. The Balaban J connectivity index is 0.000000810. The van der Waals surface area contributed by atoms with E-state index >= 15 is 0 Å². The average molecular weight is 318 g/mol. The molecule has 1 aromatic rings. The van der Waals surface area contributed by atoms with Crippen LogP contribution in [0.15, 0.2) is 35.5 Å². The molecule has 1 aliphatic carbocycles. The predicted molar refractivity (Wildman–Crippen MR) is 63.9 cm³/mol. The number of hydrogen-bond acceptors (Lipinski definition) is 0. The van der Waals surface area contributed by atoms with E-state index in [1.54, 1.807) is 16.8 Å². The topological polar surface area (TPSA) is 0 Å². The monoisotopic (exact) mass is 317 g/mol. The molecule has 2 atom stereocenters. The Morgan fingerprint density at radius 3 is 2.44 bits per heavy atom. The summed E-state index contributed by atoms with van der Waals surface area (Å²) < 4.78 is 1.72. The molecule has 1 aromatic carbocycles.